The zero-order chi connectivity index (χ0) is 16.6. The summed E-state index contributed by atoms with van der Waals surface area (Å²) >= 11 is -4.90. The van der Waals surface area contributed by atoms with Crippen LogP contribution in [0.4, 0.5) is 5.69 Å². The van der Waals surface area contributed by atoms with Crippen LogP contribution in [0.15, 0.2) is 48.8 Å². The second-order valence-corrected chi connectivity index (χ2v) is 8.47. The number of aryl methyl sites for hydroxylation is 1. The number of carbonyl (C=O) groups excluding carboxylic acids is 1. The van der Waals surface area contributed by atoms with Crippen LogP contribution in [-0.4, -0.2) is 37.7 Å². The van der Waals surface area contributed by atoms with Gasteiger partial charge in [-0.1, -0.05) is 0 Å². The normalized spacial score (nSPS) is 11.6. The zero-order valence-corrected chi connectivity index (χ0v) is 14.0. The van der Waals surface area contributed by atoms with Crippen molar-refractivity contribution in [2.45, 2.75) is 6.92 Å². The number of hydrogen-bond acceptors (Lipinski definition) is 3. The summed E-state index contributed by atoms with van der Waals surface area (Å²) in [5.74, 6) is -0.317. The number of aromatic nitrogens is 2. The number of hydrogen-bond donors (Lipinski definition) is 3. The third kappa shape index (κ3) is 3.37. The molecule has 8 heteroatoms. The molecule has 0 saturated carbocycles. The summed E-state index contributed by atoms with van der Waals surface area (Å²) in [7, 11) is 0. The first-order valence-electron chi connectivity index (χ1n) is 6.76. The van der Waals surface area contributed by atoms with Crippen LogP contribution < -0.4 is 9.67 Å². The Bertz CT molecular complexity index is 928. The van der Waals surface area contributed by atoms with Crippen molar-refractivity contribution in [3.8, 4) is 0 Å². The standard InChI is InChI=1S/C15H14AsN3O4/c1-10-9-19-7-6-11(8-14(19)17-10)15(20)18-13-4-2-12(3-5-13)16(21,22)23/h2-9H,1H3,(H,18,20)(H2,21,22,23). The van der Waals surface area contributed by atoms with E-state index >= 15 is 0 Å². The molecule has 1 aromatic carbocycles. The fourth-order valence-electron chi connectivity index (χ4n) is 2.19. The maximum absolute atomic E-state index is 12.2. The summed E-state index contributed by atoms with van der Waals surface area (Å²) in [5, 5.41) is 2.69. The first kappa shape index (κ1) is 15.6. The summed E-state index contributed by atoms with van der Waals surface area (Å²) < 4.78 is 31.2. The number of carbonyl (C=O) groups is 1. The molecular weight excluding hydrogens is 361 g/mol. The SMILES string of the molecule is Cc1cn2ccc(C(=O)Nc3ccc([As](=O)(O)O)cc3)cc2n1. The molecule has 0 aliphatic heterocycles. The van der Waals surface area contributed by atoms with E-state index in [4.69, 9.17) is 8.19 Å². The van der Waals surface area contributed by atoms with Gasteiger partial charge in [0.2, 0.25) is 0 Å². The minimum atomic E-state index is -4.90. The molecule has 0 aliphatic rings. The Morgan fingerprint density at radius 3 is 2.57 bits per heavy atom. The minimum absolute atomic E-state index is 0.0320. The Morgan fingerprint density at radius 2 is 1.91 bits per heavy atom. The Hall–Kier alpha value is -2.34. The van der Waals surface area contributed by atoms with Gasteiger partial charge in [-0.15, -0.1) is 0 Å². The van der Waals surface area contributed by atoms with Crippen LogP contribution in [0.3, 0.4) is 0 Å². The van der Waals surface area contributed by atoms with Gasteiger partial charge in [-0.25, -0.2) is 0 Å². The molecule has 0 bridgehead atoms. The average Bonchev–Trinajstić information content (AvgIpc) is 2.85. The third-order valence-electron chi connectivity index (χ3n) is 3.30. The predicted octanol–water partition coefficient (Wildman–Crippen LogP) is 0.456. The van der Waals surface area contributed by atoms with Gasteiger partial charge in [0.1, 0.15) is 0 Å². The quantitative estimate of drug-likeness (QED) is 0.577. The molecule has 23 heavy (non-hydrogen) atoms. The van der Waals surface area contributed by atoms with E-state index < -0.39 is 14.2 Å². The molecular formula is C15H14AsN3O4. The van der Waals surface area contributed by atoms with Crippen molar-refractivity contribution < 1.29 is 16.7 Å². The van der Waals surface area contributed by atoms with Gasteiger partial charge in [0.25, 0.3) is 0 Å². The van der Waals surface area contributed by atoms with E-state index in [1.165, 1.54) is 24.3 Å². The van der Waals surface area contributed by atoms with E-state index in [-0.39, 0.29) is 10.3 Å². The molecule has 0 fully saturated rings. The summed E-state index contributed by atoms with van der Waals surface area (Å²) in [6.45, 7) is 1.87. The molecule has 2 aromatic heterocycles. The molecule has 0 radical (unpaired) electrons. The van der Waals surface area contributed by atoms with Crippen molar-refractivity contribution in [1.82, 2.24) is 9.38 Å². The van der Waals surface area contributed by atoms with Gasteiger partial charge in [-0.3, -0.25) is 0 Å². The molecule has 0 aliphatic carbocycles. The first-order chi connectivity index (χ1) is 10.8. The van der Waals surface area contributed by atoms with Crippen LogP contribution in [0.5, 0.6) is 0 Å². The van der Waals surface area contributed by atoms with Crippen LogP contribution in [0.2, 0.25) is 0 Å². The molecule has 1 amide bonds. The van der Waals surface area contributed by atoms with E-state index in [0.717, 1.165) is 5.69 Å². The number of rotatable bonds is 3. The van der Waals surface area contributed by atoms with Crippen molar-refractivity contribution in [3.05, 3.63) is 60.0 Å². The number of pyridine rings is 1. The van der Waals surface area contributed by atoms with Crippen molar-refractivity contribution in [2.75, 3.05) is 5.32 Å². The predicted molar refractivity (Wildman–Crippen MR) is 84.8 cm³/mol. The molecule has 3 aromatic rings. The topological polar surface area (TPSA) is 104 Å². The van der Waals surface area contributed by atoms with Crippen LogP contribution >= 0.6 is 0 Å². The Labute approximate surface area is 134 Å². The van der Waals surface area contributed by atoms with Crippen LogP contribution in [0, 0.1) is 6.92 Å². The molecule has 0 spiro atoms. The summed E-state index contributed by atoms with van der Waals surface area (Å²) in [5.41, 5.74) is 2.44. The maximum atomic E-state index is 12.2. The number of imidazole rings is 1. The van der Waals surface area contributed by atoms with E-state index in [2.05, 4.69) is 10.3 Å². The van der Waals surface area contributed by atoms with Gasteiger partial charge >= 0.3 is 134 Å². The number of fused-ring (bicyclic) bond motifs is 1. The molecule has 7 nitrogen and oxygen atoms in total. The molecule has 2 heterocycles. The second kappa shape index (κ2) is 5.70. The van der Waals surface area contributed by atoms with Crippen molar-refractivity contribution in [2.24, 2.45) is 0 Å². The number of benzene rings is 1. The Morgan fingerprint density at radius 1 is 1.22 bits per heavy atom. The monoisotopic (exact) mass is 375 g/mol. The van der Waals surface area contributed by atoms with Gasteiger partial charge in [-0.2, -0.15) is 0 Å². The molecule has 0 atom stereocenters. The average molecular weight is 375 g/mol. The van der Waals surface area contributed by atoms with Gasteiger partial charge in [-0.05, 0) is 0 Å². The number of amides is 1. The Kier molecular flexibility index (Phi) is 3.85. The number of nitrogens with zero attached hydrogens (tertiary/aromatic N) is 2. The molecule has 0 saturated heterocycles. The van der Waals surface area contributed by atoms with Crippen molar-refractivity contribution in [1.29, 1.82) is 0 Å². The van der Waals surface area contributed by atoms with Crippen LogP contribution in [0.25, 0.3) is 5.65 Å². The van der Waals surface area contributed by atoms with E-state index in [1.54, 1.807) is 18.3 Å². The zero-order valence-electron chi connectivity index (χ0n) is 12.2. The summed E-state index contributed by atoms with van der Waals surface area (Å²) in [6.07, 6.45) is 3.61. The van der Waals surface area contributed by atoms with Gasteiger partial charge in [0.05, 0.1) is 0 Å². The van der Waals surface area contributed by atoms with Gasteiger partial charge < -0.3 is 0 Å². The summed E-state index contributed by atoms with van der Waals surface area (Å²) in [6, 6.07) is 8.91. The second-order valence-electron chi connectivity index (χ2n) is 5.11. The van der Waals surface area contributed by atoms with E-state index in [1.807, 2.05) is 17.5 Å². The van der Waals surface area contributed by atoms with E-state index in [0.29, 0.717) is 16.9 Å². The summed E-state index contributed by atoms with van der Waals surface area (Å²) in [4.78, 5) is 16.5. The van der Waals surface area contributed by atoms with Crippen molar-refractivity contribution >= 4 is 35.8 Å². The molecule has 3 rings (SSSR count). The van der Waals surface area contributed by atoms with Crippen molar-refractivity contribution in [3.63, 3.8) is 0 Å². The fourth-order valence-corrected chi connectivity index (χ4v) is 3.32. The van der Waals surface area contributed by atoms with E-state index in [9.17, 15) is 8.53 Å². The van der Waals surface area contributed by atoms with Gasteiger partial charge in [0.15, 0.2) is 0 Å². The number of nitrogens with one attached hydrogen (secondary N) is 1. The molecule has 3 N–H and O–H groups in total. The molecule has 118 valence electrons. The van der Waals surface area contributed by atoms with Crippen LogP contribution in [0.1, 0.15) is 16.1 Å². The fraction of sp³-hybridized carbons (Fsp3) is 0.0667. The first-order valence-corrected chi connectivity index (χ1v) is 10.1. The van der Waals surface area contributed by atoms with Gasteiger partial charge in [0, 0.05) is 0 Å². The number of anilines is 1. The third-order valence-corrected chi connectivity index (χ3v) is 5.34. The van der Waals surface area contributed by atoms with Crippen LogP contribution in [-0.2, 0) is 3.74 Å². The molecule has 0 unspecified atom stereocenters. The Balaban J connectivity index is 1.81.